The lowest BCUT2D eigenvalue weighted by atomic mass is 10.1. The molecule has 1 aliphatic rings. The van der Waals surface area contributed by atoms with Gasteiger partial charge in [-0.05, 0) is 19.4 Å². The molecule has 1 aromatic carbocycles. The number of imide groups is 1. The molecule has 0 fully saturated rings. The first-order valence-electron chi connectivity index (χ1n) is 7.62. The van der Waals surface area contributed by atoms with Gasteiger partial charge < -0.3 is 5.32 Å². The number of benzene rings is 1. The molecule has 1 aliphatic heterocycles. The summed E-state index contributed by atoms with van der Waals surface area (Å²) < 4.78 is 0. The smallest absolute Gasteiger partial charge is 0.282 e. The number of nitro groups is 1. The standard InChI is InChI=1S/C15H13N5O5S/c1-8-17-18-15(26-8)16-11(21)6-3-7-19-13(22)9-4-2-5-10(20(24)25)12(9)14(19)23/h2,4-5H,3,6-7H2,1H3,(H,16,18,21). The van der Waals surface area contributed by atoms with Crippen LogP contribution in [0, 0.1) is 17.0 Å². The van der Waals surface area contributed by atoms with E-state index in [0.717, 1.165) is 4.90 Å². The predicted molar refractivity (Wildman–Crippen MR) is 91.0 cm³/mol. The van der Waals surface area contributed by atoms with E-state index in [4.69, 9.17) is 0 Å². The number of nitro benzene ring substituents is 1. The number of anilines is 1. The van der Waals surface area contributed by atoms with E-state index in [9.17, 15) is 24.5 Å². The number of hydrogen-bond acceptors (Lipinski definition) is 8. The summed E-state index contributed by atoms with van der Waals surface area (Å²) in [7, 11) is 0. The lowest BCUT2D eigenvalue weighted by Gasteiger charge is -2.13. The summed E-state index contributed by atoms with van der Waals surface area (Å²) in [5.41, 5.74) is -0.581. The van der Waals surface area contributed by atoms with Crippen molar-refractivity contribution in [1.82, 2.24) is 15.1 Å². The number of rotatable bonds is 6. The van der Waals surface area contributed by atoms with E-state index in [1.165, 1.54) is 29.5 Å². The highest BCUT2D eigenvalue weighted by Crippen LogP contribution is 2.30. The molecule has 0 saturated heterocycles. The number of carbonyl (C=O) groups is 3. The van der Waals surface area contributed by atoms with Crippen LogP contribution in [0.4, 0.5) is 10.8 Å². The van der Waals surface area contributed by atoms with Gasteiger partial charge in [-0.15, -0.1) is 10.2 Å². The minimum Gasteiger partial charge on any atom is -0.301 e. The minimum absolute atomic E-state index is 0.00787. The second kappa shape index (κ2) is 6.96. The van der Waals surface area contributed by atoms with Gasteiger partial charge in [-0.25, -0.2) is 0 Å². The normalized spacial score (nSPS) is 13.0. The van der Waals surface area contributed by atoms with Crippen LogP contribution in [0.1, 0.15) is 38.6 Å². The van der Waals surface area contributed by atoms with Crippen LogP contribution in [0.5, 0.6) is 0 Å². The molecule has 0 aliphatic carbocycles. The number of amides is 3. The van der Waals surface area contributed by atoms with Crippen LogP contribution in [0.3, 0.4) is 0 Å². The molecule has 3 amide bonds. The van der Waals surface area contributed by atoms with Crippen LogP contribution in [0.25, 0.3) is 0 Å². The zero-order chi connectivity index (χ0) is 18.8. The molecule has 0 radical (unpaired) electrons. The van der Waals surface area contributed by atoms with E-state index in [1.54, 1.807) is 6.92 Å². The fraction of sp³-hybridized carbons (Fsp3) is 0.267. The molecule has 134 valence electrons. The van der Waals surface area contributed by atoms with Gasteiger partial charge in [0, 0.05) is 19.0 Å². The topological polar surface area (TPSA) is 135 Å². The molecular formula is C15H13N5O5S. The first-order chi connectivity index (χ1) is 12.4. The fourth-order valence-electron chi connectivity index (χ4n) is 2.60. The van der Waals surface area contributed by atoms with Crippen molar-refractivity contribution in [3.8, 4) is 0 Å². The van der Waals surface area contributed by atoms with Crippen molar-refractivity contribution in [3.05, 3.63) is 44.4 Å². The molecule has 2 aromatic rings. The van der Waals surface area contributed by atoms with E-state index >= 15 is 0 Å². The summed E-state index contributed by atoms with van der Waals surface area (Å²) in [6.07, 6.45) is 0.289. The molecule has 0 saturated carbocycles. The van der Waals surface area contributed by atoms with Gasteiger partial charge in [0.1, 0.15) is 10.6 Å². The number of nitrogens with zero attached hydrogens (tertiary/aromatic N) is 4. The Balaban J connectivity index is 1.62. The molecule has 0 bridgehead atoms. The van der Waals surface area contributed by atoms with Gasteiger partial charge in [-0.1, -0.05) is 17.4 Å². The van der Waals surface area contributed by atoms with Crippen molar-refractivity contribution >= 4 is 39.9 Å². The third kappa shape index (κ3) is 3.28. The van der Waals surface area contributed by atoms with Crippen LogP contribution < -0.4 is 5.32 Å². The lowest BCUT2D eigenvalue weighted by molar-refractivity contribution is -0.385. The quantitative estimate of drug-likeness (QED) is 0.461. The van der Waals surface area contributed by atoms with Crippen LogP contribution in [-0.4, -0.2) is 44.3 Å². The zero-order valence-corrected chi connectivity index (χ0v) is 14.4. The Morgan fingerprint density at radius 2 is 2.08 bits per heavy atom. The first kappa shape index (κ1) is 17.6. The minimum atomic E-state index is -0.711. The maximum atomic E-state index is 12.4. The van der Waals surface area contributed by atoms with Gasteiger partial charge in [0.2, 0.25) is 11.0 Å². The van der Waals surface area contributed by atoms with Crippen molar-refractivity contribution in [2.24, 2.45) is 0 Å². The molecule has 3 rings (SSSR count). The van der Waals surface area contributed by atoms with Gasteiger partial charge in [0.25, 0.3) is 17.5 Å². The number of aryl methyl sites for hydroxylation is 1. The maximum absolute atomic E-state index is 12.4. The number of aromatic nitrogens is 2. The highest BCUT2D eigenvalue weighted by Gasteiger charge is 2.40. The maximum Gasteiger partial charge on any atom is 0.282 e. The van der Waals surface area contributed by atoms with Crippen LogP contribution in [0.15, 0.2) is 18.2 Å². The third-order valence-corrected chi connectivity index (χ3v) is 4.49. The lowest BCUT2D eigenvalue weighted by Crippen LogP contribution is -2.31. The van der Waals surface area contributed by atoms with Crippen LogP contribution in [-0.2, 0) is 4.79 Å². The predicted octanol–water partition coefficient (Wildman–Crippen LogP) is 1.77. The van der Waals surface area contributed by atoms with Crippen molar-refractivity contribution < 1.29 is 19.3 Å². The molecule has 11 heteroatoms. The summed E-state index contributed by atoms with van der Waals surface area (Å²) in [6.45, 7) is 1.75. The largest absolute Gasteiger partial charge is 0.301 e. The Hall–Kier alpha value is -3.21. The average Bonchev–Trinajstić information content (AvgIpc) is 3.11. The number of nitrogens with one attached hydrogen (secondary N) is 1. The molecule has 1 N–H and O–H groups in total. The average molecular weight is 375 g/mol. The summed E-state index contributed by atoms with van der Waals surface area (Å²) in [4.78, 5) is 47.9. The first-order valence-corrected chi connectivity index (χ1v) is 8.43. The molecule has 1 aromatic heterocycles. The highest BCUT2D eigenvalue weighted by atomic mass is 32.1. The number of hydrogen-bond donors (Lipinski definition) is 1. The molecule has 26 heavy (non-hydrogen) atoms. The van der Waals surface area contributed by atoms with E-state index < -0.39 is 22.4 Å². The molecule has 10 nitrogen and oxygen atoms in total. The highest BCUT2D eigenvalue weighted by molar-refractivity contribution is 7.15. The number of carbonyl (C=O) groups excluding carboxylic acids is 3. The van der Waals surface area contributed by atoms with Gasteiger partial charge in [0.05, 0.1) is 10.5 Å². The van der Waals surface area contributed by atoms with Crippen LogP contribution in [0.2, 0.25) is 0 Å². The zero-order valence-electron chi connectivity index (χ0n) is 13.6. The summed E-state index contributed by atoms with van der Waals surface area (Å²) in [5.74, 6) is -1.62. The van der Waals surface area contributed by atoms with Crippen molar-refractivity contribution in [1.29, 1.82) is 0 Å². The second-order valence-corrected chi connectivity index (χ2v) is 6.68. The van der Waals surface area contributed by atoms with Gasteiger partial charge in [-0.2, -0.15) is 0 Å². The summed E-state index contributed by atoms with van der Waals surface area (Å²) in [5, 5.41) is 22.3. The van der Waals surface area contributed by atoms with E-state index in [0.29, 0.717) is 10.1 Å². The van der Waals surface area contributed by atoms with Gasteiger partial charge in [-0.3, -0.25) is 29.4 Å². The molecule has 0 atom stereocenters. The SMILES string of the molecule is Cc1nnc(NC(=O)CCCN2C(=O)c3cccc([N+](=O)[O-])c3C2=O)s1. The van der Waals surface area contributed by atoms with E-state index in [2.05, 4.69) is 15.5 Å². The second-order valence-electron chi connectivity index (χ2n) is 5.50. The van der Waals surface area contributed by atoms with Crippen molar-refractivity contribution in [2.75, 3.05) is 11.9 Å². The molecule has 2 heterocycles. The Morgan fingerprint density at radius 3 is 2.73 bits per heavy atom. The van der Waals surface area contributed by atoms with Gasteiger partial charge >= 0.3 is 0 Å². The van der Waals surface area contributed by atoms with E-state index in [-0.39, 0.29) is 36.4 Å². The van der Waals surface area contributed by atoms with Crippen LogP contribution >= 0.6 is 11.3 Å². The summed E-state index contributed by atoms with van der Waals surface area (Å²) >= 11 is 1.23. The van der Waals surface area contributed by atoms with Crippen molar-refractivity contribution in [2.45, 2.75) is 19.8 Å². The fourth-order valence-corrected chi connectivity index (χ4v) is 3.21. The molecule has 0 unspecified atom stereocenters. The third-order valence-electron chi connectivity index (χ3n) is 3.73. The molecular weight excluding hydrogens is 362 g/mol. The van der Waals surface area contributed by atoms with Crippen molar-refractivity contribution in [3.63, 3.8) is 0 Å². The molecule has 0 spiro atoms. The Bertz CT molecular complexity index is 925. The summed E-state index contributed by atoms with van der Waals surface area (Å²) in [6, 6.07) is 3.93. The monoisotopic (exact) mass is 375 g/mol. The Kier molecular flexibility index (Phi) is 4.71. The Labute approximate surface area is 151 Å². The number of fused-ring (bicyclic) bond motifs is 1. The van der Waals surface area contributed by atoms with Gasteiger partial charge in [0.15, 0.2) is 0 Å². The Morgan fingerprint density at radius 1 is 1.31 bits per heavy atom. The van der Waals surface area contributed by atoms with E-state index in [1.807, 2.05) is 0 Å².